The first kappa shape index (κ1) is 18.6. The van der Waals surface area contributed by atoms with Gasteiger partial charge in [0.05, 0.1) is 12.0 Å². The first-order valence-corrected chi connectivity index (χ1v) is 10.3. The third kappa shape index (κ3) is 3.95. The molecule has 3 rings (SSSR count). The molecule has 0 amide bonds. The molecule has 3 aromatic rings. The van der Waals surface area contributed by atoms with Crippen LogP contribution in [0, 0.1) is 13.8 Å². The number of rotatable bonds is 7. The van der Waals surface area contributed by atoms with Crippen LogP contribution in [0.2, 0.25) is 0 Å². The average molecular weight is 393 g/mol. The number of nitrogens with zero attached hydrogens (tertiary/aromatic N) is 2. The molecule has 0 saturated carbocycles. The monoisotopic (exact) mass is 393 g/mol. The van der Waals surface area contributed by atoms with Gasteiger partial charge in [-0.3, -0.25) is 0 Å². The number of aryl methyl sites for hydroxylation is 2. The first-order valence-electron chi connectivity index (χ1n) is 7.92. The number of thiophene rings is 1. The average Bonchev–Trinajstić information content (AvgIpc) is 3.27. The van der Waals surface area contributed by atoms with Gasteiger partial charge in [-0.25, -0.2) is 13.1 Å². The van der Waals surface area contributed by atoms with Crippen LogP contribution in [0.4, 0.5) is 0 Å². The number of sulfonamides is 1. The molecule has 2 heterocycles. The number of ether oxygens (including phenoxy) is 1. The van der Waals surface area contributed by atoms with Crippen LogP contribution in [0.3, 0.4) is 0 Å². The van der Waals surface area contributed by atoms with Crippen LogP contribution in [0.15, 0.2) is 39.1 Å². The molecular formula is C17H19N3O4S2. The minimum absolute atomic E-state index is 0.118. The molecule has 0 radical (unpaired) electrons. The maximum absolute atomic E-state index is 12.6. The van der Waals surface area contributed by atoms with E-state index in [1.54, 1.807) is 12.1 Å². The van der Waals surface area contributed by atoms with Gasteiger partial charge in [0, 0.05) is 13.0 Å². The zero-order chi connectivity index (χ0) is 18.7. The van der Waals surface area contributed by atoms with Gasteiger partial charge in [-0.15, -0.1) is 11.3 Å². The molecule has 9 heteroatoms. The van der Waals surface area contributed by atoms with E-state index in [1.165, 1.54) is 18.4 Å². The lowest BCUT2D eigenvalue weighted by Gasteiger charge is -2.12. The van der Waals surface area contributed by atoms with E-state index in [0.29, 0.717) is 23.9 Å². The van der Waals surface area contributed by atoms with Crippen LogP contribution in [0.5, 0.6) is 5.75 Å². The van der Waals surface area contributed by atoms with E-state index < -0.39 is 10.0 Å². The van der Waals surface area contributed by atoms with Gasteiger partial charge in [0.2, 0.25) is 21.7 Å². The number of hydrogen-bond donors (Lipinski definition) is 1. The van der Waals surface area contributed by atoms with Crippen molar-refractivity contribution in [1.29, 1.82) is 0 Å². The summed E-state index contributed by atoms with van der Waals surface area (Å²) in [6, 6.07) is 7.13. The molecule has 0 aliphatic heterocycles. The topological polar surface area (TPSA) is 94.3 Å². The van der Waals surface area contributed by atoms with Crippen molar-refractivity contribution in [2.24, 2.45) is 0 Å². The van der Waals surface area contributed by atoms with E-state index in [1.807, 2.05) is 31.4 Å². The summed E-state index contributed by atoms with van der Waals surface area (Å²) in [5, 5.41) is 5.83. The first-order chi connectivity index (χ1) is 12.4. The van der Waals surface area contributed by atoms with Crippen LogP contribution in [0.25, 0.3) is 10.7 Å². The van der Waals surface area contributed by atoms with Crippen molar-refractivity contribution in [2.45, 2.75) is 25.2 Å². The van der Waals surface area contributed by atoms with E-state index in [2.05, 4.69) is 14.9 Å². The number of nitrogens with one attached hydrogen (secondary N) is 1. The van der Waals surface area contributed by atoms with E-state index in [4.69, 9.17) is 9.26 Å². The third-order valence-corrected chi connectivity index (χ3v) is 6.26. The van der Waals surface area contributed by atoms with Crippen molar-refractivity contribution in [3.8, 4) is 16.5 Å². The highest BCUT2D eigenvalue weighted by Crippen LogP contribution is 2.27. The third-order valence-electron chi connectivity index (χ3n) is 3.91. The fraction of sp³-hybridized carbons (Fsp3) is 0.294. The standard InChI is InChI=1S/C17H19N3O4S2/c1-11-9-13(23-3)15(10-12(11)2)26(21,22)18-7-6-16-19-17(20-24-16)14-5-4-8-25-14/h4-5,8-10,18H,6-7H2,1-3H3. The summed E-state index contributed by atoms with van der Waals surface area (Å²) in [6.45, 7) is 3.91. The lowest BCUT2D eigenvalue weighted by molar-refractivity contribution is 0.379. The fourth-order valence-corrected chi connectivity index (χ4v) is 4.28. The predicted octanol–water partition coefficient (Wildman–Crippen LogP) is 2.94. The SMILES string of the molecule is COc1cc(C)c(C)cc1S(=O)(=O)NCCc1nc(-c2cccs2)no1. The highest BCUT2D eigenvalue weighted by molar-refractivity contribution is 7.89. The van der Waals surface area contributed by atoms with Gasteiger partial charge in [0.15, 0.2) is 0 Å². The fourth-order valence-electron chi connectivity index (χ4n) is 2.37. The summed E-state index contributed by atoms with van der Waals surface area (Å²) >= 11 is 1.51. The number of aromatic nitrogens is 2. The highest BCUT2D eigenvalue weighted by Gasteiger charge is 2.20. The second kappa shape index (κ2) is 7.56. The zero-order valence-electron chi connectivity index (χ0n) is 14.6. The largest absolute Gasteiger partial charge is 0.495 e. The van der Waals surface area contributed by atoms with E-state index in [9.17, 15) is 8.42 Å². The van der Waals surface area contributed by atoms with Crippen LogP contribution < -0.4 is 9.46 Å². The summed E-state index contributed by atoms with van der Waals surface area (Å²) < 4.78 is 38.2. The Balaban J connectivity index is 1.69. The molecule has 0 aliphatic carbocycles. The molecule has 26 heavy (non-hydrogen) atoms. The van der Waals surface area contributed by atoms with Crippen LogP contribution in [0.1, 0.15) is 17.0 Å². The molecule has 0 saturated heterocycles. The Kier molecular flexibility index (Phi) is 5.40. The Hall–Kier alpha value is -2.23. The summed E-state index contributed by atoms with van der Waals surface area (Å²) in [4.78, 5) is 5.30. The van der Waals surface area contributed by atoms with Crippen molar-refractivity contribution < 1.29 is 17.7 Å². The van der Waals surface area contributed by atoms with E-state index in [0.717, 1.165) is 16.0 Å². The Labute approximate surface area is 156 Å². The molecule has 0 bridgehead atoms. The van der Waals surface area contributed by atoms with Gasteiger partial charge < -0.3 is 9.26 Å². The van der Waals surface area contributed by atoms with Gasteiger partial charge in [-0.1, -0.05) is 11.2 Å². The second-order valence-corrected chi connectivity index (χ2v) is 8.41. The number of methoxy groups -OCH3 is 1. The van der Waals surface area contributed by atoms with Crippen LogP contribution in [-0.2, 0) is 16.4 Å². The minimum atomic E-state index is -3.71. The van der Waals surface area contributed by atoms with Gasteiger partial charge in [0.1, 0.15) is 10.6 Å². The summed E-state index contributed by atoms with van der Waals surface area (Å²) in [6.07, 6.45) is 0.296. The predicted molar refractivity (Wildman–Crippen MR) is 99.0 cm³/mol. The smallest absolute Gasteiger partial charge is 0.244 e. The molecule has 0 aliphatic rings. The zero-order valence-corrected chi connectivity index (χ0v) is 16.3. The van der Waals surface area contributed by atoms with Crippen LogP contribution in [-0.4, -0.2) is 32.2 Å². The maximum Gasteiger partial charge on any atom is 0.244 e. The highest BCUT2D eigenvalue weighted by atomic mass is 32.2. The van der Waals surface area contributed by atoms with E-state index >= 15 is 0 Å². The Morgan fingerprint density at radius 3 is 2.73 bits per heavy atom. The molecule has 0 unspecified atom stereocenters. The van der Waals surface area contributed by atoms with Gasteiger partial charge >= 0.3 is 0 Å². The molecule has 2 aromatic heterocycles. The molecule has 0 fully saturated rings. The Bertz CT molecular complexity index is 995. The maximum atomic E-state index is 12.6. The quantitative estimate of drug-likeness (QED) is 0.663. The summed E-state index contributed by atoms with van der Waals surface area (Å²) in [5.41, 5.74) is 1.84. The van der Waals surface area contributed by atoms with Crippen molar-refractivity contribution in [1.82, 2.24) is 14.9 Å². The molecule has 0 atom stereocenters. The van der Waals surface area contributed by atoms with Crippen LogP contribution >= 0.6 is 11.3 Å². The van der Waals surface area contributed by atoms with Crippen molar-refractivity contribution in [3.05, 3.63) is 46.7 Å². The van der Waals surface area contributed by atoms with Crippen molar-refractivity contribution in [2.75, 3.05) is 13.7 Å². The molecular weight excluding hydrogens is 374 g/mol. The van der Waals surface area contributed by atoms with Crippen molar-refractivity contribution >= 4 is 21.4 Å². The molecule has 138 valence electrons. The Morgan fingerprint density at radius 1 is 1.27 bits per heavy atom. The normalized spacial score (nSPS) is 11.7. The summed E-state index contributed by atoms with van der Waals surface area (Å²) in [7, 11) is -2.26. The lowest BCUT2D eigenvalue weighted by Crippen LogP contribution is -2.26. The Morgan fingerprint density at radius 2 is 2.04 bits per heavy atom. The van der Waals surface area contributed by atoms with Gasteiger partial charge in [0.25, 0.3) is 0 Å². The summed E-state index contributed by atoms with van der Waals surface area (Å²) in [5.74, 6) is 1.20. The van der Waals surface area contributed by atoms with Gasteiger partial charge in [-0.2, -0.15) is 4.98 Å². The number of benzene rings is 1. The molecule has 1 N–H and O–H groups in total. The number of hydrogen-bond acceptors (Lipinski definition) is 7. The molecule has 0 spiro atoms. The van der Waals surface area contributed by atoms with Crippen molar-refractivity contribution in [3.63, 3.8) is 0 Å². The second-order valence-electron chi connectivity index (χ2n) is 5.72. The van der Waals surface area contributed by atoms with Gasteiger partial charge in [-0.05, 0) is 48.6 Å². The lowest BCUT2D eigenvalue weighted by atomic mass is 10.1. The van der Waals surface area contributed by atoms with E-state index in [-0.39, 0.29) is 11.4 Å². The molecule has 1 aromatic carbocycles. The molecule has 7 nitrogen and oxygen atoms in total. The minimum Gasteiger partial charge on any atom is -0.495 e.